The quantitative estimate of drug-likeness (QED) is 0.912. The van der Waals surface area contributed by atoms with E-state index in [9.17, 15) is 0 Å². The second-order valence-electron chi connectivity index (χ2n) is 5.88. The standard InChI is InChI=1S/C16H19ClN2O2/c1-16(7-3-4-8-16)14-13(15(18)21-19-14)11-9-10(17)5-6-12(11)20-2/h5-6,9H,3-4,7-8,18H2,1-2H3. The van der Waals surface area contributed by atoms with Gasteiger partial charge in [0.15, 0.2) is 0 Å². The topological polar surface area (TPSA) is 61.3 Å². The number of ether oxygens (including phenoxy) is 1. The van der Waals surface area contributed by atoms with Gasteiger partial charge in [0.05, 0.1) is 18.4 Å². The summed E-state index contributed by atoms with van der Waals surface area (Å²) in [5.74, 6) is 1.04. The van der Waals surface area contributed by atoms with Crippen LogP contribution >= 0.6 is 11.6 Å². The Labute approximate surface area is 129 Å². The number of aromatic nitrogens is 1. The molecule has 2 N–H and O–H groups in total. The van der Waals surface area contributed by atoms with Gasteiger partial charge in [0, 0.05) is 16.0 Å². The summed E-state index contributed by atoms with van der Waals surface area (Å²) in [6.07, 6.45) is 4.59. The third kappa shape index (κ3) is 2.38. The first kappa shape index (κ1) is 14.3. The van der Waals surface area contributed by atoms with Crippen LogP contribution in [0.1, 0.15) is 38.3 Å². The van der Waals surface area contributed by atoms with Gasteiger partial charge in [-0.3, -0.25) is 0 Å². The Kier molecular flexibility index (Phi) is 3.57. The summed E-state index contributed by atoms with van der Waals surface area (Å²) >= 11 is 6.14. The molecule has 0 unspecified atom stereocenters. The fourth-order valence-corrected chi connectivity index (χ4v) is 3.41. The highest BCUT2D eigenvalue weighted by Crippen LogP contribution is 2.47. The molecule has 0 saturated heterocycles. The van der Waals surface area contributed by atoms with Gasteiger partial charge < -0.3 is 15.0 Å². The van der Waals surface area contributed by atoms with Crippen molar-refractivity contribution in [2.24, 2.45) is 0 Å². The van der Waals surface area contributed by atoms with Crippen LogP contribution in [0.2, 0.25) is 5.02 Å². The van der Waals surface area contributed by atoms with Crippen molar-refractivity contribution >= 4 is 17.5 Å². The molecule has 4 nitrogen and oxygen atoms in total. The molecule has 1 aliphatic rings. The normalized spacial score (nSPS) is 17.1. The number of benzene rings is 1. The van der Waals surface area contributed by atoms with Crippen LogP contribution in [0.5, 0.6) is 5.75 Å². The molecule has 1 aromatic carbocycles. The minimum atomic E-state index is 0.00375. The zero-order valence-corrected chi connectivity index (χ0v) is 13.0. The summed E-state index contributed by atoms with van der Waals surface area (Å²) in [7, 11) is 1.63. The lowest BCUT2D eigenvalue weighted by Crippen LogP contribution is -2.18. The van der Waals surface area contributed by atoms with Crippen LogP contribution in [0.3, 0.4) is 0 Å². The van der Waals surface area contributed by atoms with Crippen molar-refractivity contribution in [2.75, 3.05) is 12.8 Å². The number of nitrogens with two attached hydrogens (primary N) is 1. The van der Waals surface area contributed by atoms with Gasteiger partial charge in [-0.1, -0.05) is 36.5 Å². The fraction of sp³-hybridized carbons (Fsp3) is 0.438. The minimum Gasteiger partial charge on any atom is -0.496 e. The summed E-state index contributed by atoms with van der Waals surface area (Å²) in [6.45, 7) is 2.22. The molecular formula is C16H19ClN2O2. The van der Waals surface area contributed by atoms with Crippen molar-refractivity contribution in [3.8, 4) is 16.9 Å². The van der Waals surface area contributed by atoms with Gasteiger partial charge in [0.25, 0.3) is 0 Å². The van der Waals surface area contributed by atoms with E-state index in [-0.39, 0.29) is 5.41 Å². The van der Waals surface area contributed by atoms with Crippen LogP contribution in [0.4, 0.5) is 5.88 Å². The Morgan fingerprint density at radius 3 is 2.71 bits per heavy atom. The van der Waals surface area contributed by atoms with Gasteiger partial charge >= 0.3 is 0 Å². The number of methoxy groups -OCH3 is 1. The van der Waals surface area contributed by atoms with Crippen LogP contribution in [0.25, 0.3) is 11.1 Å². The largest absolute Gasteiger partial charge is 0.496 e. The molecule has 0 amide bonds. The summed E-state index contributed by atoms with van der Waals surface area (Å²) in [6, 6.07) is 5.49. The van der Waals surface area contributed by atoms with Crippen molar-refractivity contribution in [2.45, 2.75) is 38.0 Å². The zero-order valence-electron chi connectivity index (χ0n) is 12.3. The van der Waals surface area contributed by atoms with Gasteiger partial charge in [-0.05, 0) is 31.0 Å². The molecule has 5 heteroatoms. The van der Waals surface area contributed by atoms with E-state index >= 15 is 0 Å². The number of nitrogen functional groups attached to an aromatic ring is 1. The average Bonchev–Trinajstić information content (AvgIpc) is 3.06. The molecular weight excluding hydrogens is 288 g/mol. The molecule has 0 atom stereocenters. The third-order valence-electron chi connectivity index (χ3n) is 4.43. The van der Waals surface area contributed by atoms with Crippen LogP contribution in [0, 0.1) is 0 Å². The highest BCUT2D eigenvalue weighted by molar-refractivity contribution is 6.31. The molecule has 1 aliphatic carbocycles. The molecule has 0 bridgehead atoms. The monoisotopic (exact) mass is 306 g/mol. The first-order chi connectivity index (χ1) is 10.0. The van der Waals surface area contributed by atoms with Crippen LogP contribution in [-0.4, -0.2) is 12.3 Å². The Morgan fingerprint density at radius 1 is 1.33 bits per heavy atom. The molecule has 21 heavy (non-hydrogen) atoms. The van der Waals surface area contributed by atoms with E-state index in [4.69, 9.17) is 26.6 Å². The molecule has 1 fully saturated rings. The smallest absolute Gasteiger partial charge is 0.230 e. The summed E-state index contributed by atoms with van der Waals surface area (Å²) in [4.78, 5) is 0. The van der Waals surface area contributed by atoms with Crippen LogP contribution < -0.4 is 10.5 Å². The highest BCUT2D eigenvalue weighted by Gasteiger charge is 2.37. The average molecular weight is 307 g/mol. The predicted octanol–water partition coefficient (Wildman–Crippen LogP) is 4.42. The van der Waals surface area contributed by atoms with E-state index in [1.807, 2.05) is 12.1 Å². The molecule has 1 saturated carbocycles. The van der Waals surface area contributed by atoms with Gasteiger partial charge in [-0.2, -0.15) is 0 Å². The molecule has 0 aliphatic heterocycles. The number of halogens is 1. The van der Waals surface area contributed by atoms with Crippen molar-refractivity contribution < 1.29 is 9.26 Å². The first-order valence-electron chi connectivity index (χ1n) is 7.15. The SMILES string of the molecule is COc1ccc(Cl)cc1-c1c(C2(C)CCCC2)noc1N. The van der Waals surface area contributed by atoms with E-state index < -0.39 is 0 Å². The number of rotatable bonds is 3. The minimum absolute atomic E-state index is 0.00375. The Hall–Kier alpha value is -1.68. The van der Waals surface area contributed by atoms with Crippen molar-refractivity contribution in [1.82, 2.24) is 5.16 Å². The zero-order chi connectivity index (χ0) is 15.0. The Morgan fingerprint density at radius 2 is 2.05 bits per heavy atom. The maximum absolute atomic E-state index is 6.14. The lowest BCUT2D eigenvalue weighted by molar-refractivity contribution is 0.386. The number of nitrogens with zero attached hydrogens (tertiary/aromatic N) is 1. The maximum Gasteiger partial charge on any atom is 0.230 e. The summed E-state index contributed by atoms with van der Waals surface area (Å²) in [5.41, 5.74) is 8.62. The van der Waals surface area contributed by atoms with Crippen LogP contribution in [0.15, 0.2) is 22.7 Å². The van der Waals surface area contributed by atoms with Crippen molar-refractivity contribution in [3.05, 3.63) is 28.9 Å². The van der Waals surface area contributed by atoms with E-state index in [0.717, 1.165) is 35.4 Å². The van der Waals surface area contributed by atoms with Crippen LogP contribution in [-0.2, 0) is 5.41 Å². The van der Waals surface area contributed by atoms with Crippen molar-refractivity contribution in [3.63, 3.8) is 0 Å². The number of anilines is 1. The summed E-state index contributed by atoms with van der Waals surface area (Å²) in [5, 5.41) is 4.89. The number of hydrogen-bond acceptors (Lipinski definition) is 4. The highest BCUT2D eigenvalue weighted by atomic mass is 35.5. The maximum atomic E-state index is 6.14. The molecule has 1 heterocycles. The second-order valence-corrected chi connectivity index (χ2v) is 6.32. The van der Waals surface area contributed by atoms with Gasteiger partial charge in [-0.25, -0.2) is 0 Å². The molecule has 3 rings (SSSR count). The Bertz CT molecular complexity index is 660. The van der Waals surface area contributed by atoms with E-state index in [2.05, 4.69) is 12.1 Å². The molecule has 0 spiro atoms. The van der Waals surface area contributed by atoms with Crippen molar-refractivity contribution in [1.29, 1.82) is 0 Å². The molecule has 0 radical (unpaired) electrons. The molecule has 1 aromatic heterocycles. The Balaban J connectivity index is 2.19. The van der Waals surface area contributed by atoms with E-state index in [1.165, 1.54) is 12.8 Å². The van der Waals surface area contributed by atoms with Gasteiger partial charge in [0.2, 0.25) is 5.88 Å². The van der Waals surface area contributed by atoms with E-state index in [0.29, 0.717) is 10.9 Å². The third-order valence-corrected chi connectivity index (χ3v) is 4.66. The van der Waals surface area contributed by atoms with Gasteiger partial charge in [-0.15, -0.1) is 0 Å². The lowest BCUT2D eigenvalue weighted by Gasteiger charge is -2.22. The number of hydrogen-bond donors (Lipinski definition) is 1. The fourth-order valence-electron chi connectivity index (χ4n) is 3.24. The molecule has 2 aromatic rings. The van der Waals surface area contributed by atoms with Gasteiger partial charge in [0.1, 0.15) is 5.75 Å². The molecule has 112 valence electrons. The second kappa shape index (κ2) is 5.26. The lowest BCUT2D eigenvalue weighted by atomic mass is 9.81. The van der Waals surface area contributed by atoms with E-state index in [1.54, 1.807) is 13.2 Å². The first-order valence-corrected chi connectivity index (χ1v) is 7.52. The predicted molar refractivity (Wildman–Crippen MR) is 83.7 cm³/mol. The summed E-state index contributed by atoms with van der Waals surface area (Å²) < 4.78 is 10.7.